The Hall–Kier alpha value is -7.29. The quantitative estimate of drug-likeness (QED) is 0.0649. The molecule has 0 radical (unpaired) electrons. The predicted octanol–water partition coefficient (Wildman–Crippen LogP) is 9.95. The highest BCUT2D eigenvalue weighted by molar-refractivity contribution is 7.92. The summed E-state index contributed by atoms with van der Waals surface area (Å²) in [5.41, 5.74) is 3.21. The van der Waals surface area contributed by atoms with Crippen molar-refractivity contribution in [2.45, 2.75) is 39.8 Å². The minimum absolute atomic E-state index is 0.0235. The monoisotopic (exact) mass is 983 g/mol. The van der Waals surface area contributed by atoms with Gasteiger partial charge in [-0.2, -0.15) is 12.7 Å². The first-order valence-electron chi connectivity index (χ1n) is 21.4. The lowest BCUT2D eigenvalue weighted by Gasteiger charge is -2.18. The van der Waals surface area contributed by atoms with Crippen LogP contribution < -0.4 is 9.44 Å². The van der Waals surface area contributed by atoms with Gasteiger partial charge in [0.2, 0.25) is 21.6 Å². The maximum Gasteiger partial charge on any atom is 0.301 e. The molecule has 0 amide bonds. The number of hydrogen-bond donors (Lipinski definition) is 4. The molecule has 0 bridgehead atoms. The van der Waals surface area contributed by atoms with Crippen molar-refractivity contribution >= 4 is 65.2 Å². The van der Waals surface area contributed by atoms with E-state index in [1.807, 2.05) is 67.1 Å². The van der Waals surface area contributed by atoms with Crippen LogP contribution >= 0.6 is 0 Å². The van der Waals surface area contributed by atoms with E-state index < -0.39 is 83.7 Å². The van der Waals surface area contributed by atoms with E-state index in [-0.39, 0.29) is 36.4 Å². The Labute approximate surface area is 393 Å². The van der Waals surface area contributed by atoms with Gasteiger partial charge in [-0.1, -0.05) is 66.6 Å². The molecule has 1 saturated heterocycles. The van der Waals surface area contributed by atoms with Gasteiger partial charge in [0.25, 0.3) is 0 Å². The van der Waals surface area contributed by atoms with E-state index in [0.29, 0.717) is 34.1 Å². The summed E-state index contributed by atoms with van der Waals surface area (Å²) in [4.78, 5) is 40.8. The topological polar surface area (TPSA) is 187 Å². The molecular formula is C49H42F5N7O6S2. The van der Waals surface area contributed by atoms with Crippen molar-refractivity contribution in [3.63, 3.8) is 0 Å². The first-order valence-corrected chi connectivity index (χ1v) is 24.5. The van der Waals surface area contributed by atoms with Gasteiger partial charge in [0.15, 0.2) is 11.6 Å². The number of halogens is 5. The largest absolute Gasteiger partial charge is 0.345 e. The number of alkyl halides is 1. The Morgan fingerprint density at radius 3 is 1.54 bits per heavy atom. The fraction of sp³-hybridized carbons (Fsp3) is 0.184. The van der Waals surface area contributed by atoms with Gasteiger partial charge in [0.1, 0.15) is 29.1 Å². The maximum atomic E-state index is 15.3. The number of hydrogen-bond acceptors (Lipinski definition) is 8. The van der Waals surface area contributed by atoms with Crippen molar-refractivity contribution in [3.8, 4) is 22.3 Å². The number of aromatic amines is 2. The number of aryl methyl sites for hydroxylation is 2. The minimum Gasteiger partial charge on any atom is -0.345 e. The molecule has 8 aromatic rings. The zero-order valence-electron chi connectivity index (χ0n) is 37.0. The summed E-state index contributed by atoms with van der Waals surface area (Å²) in [7, 11) is -8.13. The molecule has 1 atom stereocenters. The molecule has 356 valence electrons. The number of carbonyl (C=O) groups excluding carboxylic acids is 2. The van der Waals surface area contributed by atoms with Gasteiger partial charge in [-0.05, 0) is 74.2 Å². The number of pyridine rings is 2. The van der Waals surface area contributed by atoms with E-state index in [1.54, 1.807) is 31.5 Å². The third-order valence-corrected chi connectivity index (χ3v) is 14.3. The number of carbonyl (C=O) groups is 2. The first kappa shape index (κ1) is 48.2. The fourth-order valence-corrected chi connectivity index (χ4v) is 10.1. The van der Waals surface area contributed by atoms with E-state index in [1.165, 1.54) is 12.4 Å². The molecule has 5 heterocycles. The zero-order valence-corrected chi connectivity index (χ0v) is 38.6. The van der Waals surface area contributed by atoms with Crippen LogP contribution in [0, 0.1) is 37.1 Å². The molecule has 4 aromatic carbocycles. The van der Waals surface area contributed by atoms with Gasteiger partial charge in [0.05, 0.1) is 28.3 Å². The van der Waals surface area contributed by atoms with Crippen LogP contribution in [0.3, 0.4) is 0 Å². The average Bonchev–Trinajstić information content (AvgIpc) is 4.07. The molecule has 20 heteroatoms. The lowest BCUT2D eigenvalue weighted by Crippen LogP contribution is -2.34. The zero-order chi connectivity index (χ0) is 49.4. The standard InChI is InChI=1S/C25H21F3N4O3S.C24H21F2N3O3S/c1-14-2-4-15(5-3-14)16-10-18-19(12-30-25(18)29-11-16)24(33)22-20(27)6-7-21(23(22)28)31-36(34,35)32-9-8-17(26)13-32;1-3-10-33(31,32)29-20-9-8-19(25)21(22(20)26)23(30)18-13-28-24-17(18)11-16(12-27-24)15-6-4-14(2)5-7-15/h2-7,10-12,17,31H,8-9,13H2,1H3,(H,29,30);4-9,11-13,29H,3,10H2,1-2H3,(H,27,28)/t17-;/m1./s1. The smallest absolute Gasteiger partial charge is 0.301 e. The number of ketones is 2. The van der Waals surface area contributed by atoms with E-state index in [9.17, 15) is 39.6 Å². The Morgan fingerprint density at radius 1 is 0.667 bits per heavy atom. The van der Waals surface area contributed by atoms with E-state index in [2.05, 4.69) is 24.7 Å². The molecule has 9 rings (SSSR count). The second-order valence-electron chi connectivity index (χ2n) is 16.4. The second-order valence-corrected chi connectivity index (χ2v) is 19.9. The van der Waals surface area contributed by atoms with E-state index in [4.69, 9.17) is 0 Å². The lowest BCUT2D eigenvalue weighted by atomic mass is 9.99. The molecule has 1 fully saturated rings. The Bertz CT molecular complexity index is 3510. The molecule has 69 heavy (non-hydrogen) atoms. The SMILES string of the molecule is CCCS(=O)(=O)Nc1ccc(F)c(C(=O)c2c[nH]c3ncc(-c4ccc(C)cc4)cc23)c1F.Cc1ccc(-c2cnc3[nH]cc(C(=O)c4c(F)ccc(NS(=O)(=O)N5CC[C@@H](F)C5)c4F)c3c2)cc1. The number of benzene rings is 4. The van der Waals surface area contributed by atoms with E-state index in [0.717, 1.165) is 56.4 Å². The summed E-state index contributed by atoms with van der Waals surface area (Å²) < 4.78 is 127. The molecule has 13 nitrogen and oxygen atoms in total. The molecule has 0 spiro atoms. The molecule has 1 aliphatic heterocycles. The van der Waals surface area contributed by atoms with Crippen LogP contribution in [0.15, 0.2) is 110 Å². The number of rotatable bonds is 13. The maximum absolute atomic E-state index is 15.3. The molecule has 0 aliphatic carbocycles. The summed E-state index contributed by atoms with van der Waals surface area (Å²) >= 11 is 0. The van der Waals surface area contributed by atoms with Crippen LogP contribution in [0.5, 0.6) is 0 Å². The van der Waals surface area contributed by atoms with Crippen molar-refractivity contribution in [2.24, 2.45) is 0 Å². The molecule has 4 N–H and O–H groups in total. The van der Waals surface area contributed by atoms with Crippen LogP contribution in [0.4, 0.5) is 33.3 Å². The van der Waals surface area contributed by atoms with E-state index >= 15 is 8.78 Å². The summed E-state index contributed by atoms with van der Waals surface area (Å²) in [5.74, 6) is -7.01. The average molecular weight is 984 g/mol. The Morgan fingerprint density at radius 2 is 1.12 bits per heavy atom. The van der Waals surface area contributed by atoms with Gasteiger partial charge in [-0.3, -0.25) is 19.0 Å². The molecule has 0 saturated carbocycles. The van der Waals surface area contributed by atoms with Gasteiger partial charge < -0.3 is 9.97 Å². The first-order chi connectivity index (χ1) is 32.8. The molecular weight excluding hydrogens is 942 g/mol. The fourth-order valence-electron chi connectivity index (χ4n) is 7.74. The molecule has 1 aliphatic rings. The third kappa shape index (κ3) is 10.1. The van der Waals surface area contributed by atoms with Crippen LogP contribution in [-0.4, -0.2) is 77.7 Å². The molecule has 0 unspecified atom stereocenters. The Balaban J connectivity index is 0.000000187. The van der Waals surface area contributed by atoms with Crippen molar-refractivity contribution < 1.29 is 48.4 Å². The summed E-state index contributed by atoms with van der Waals surface area (Å²) in [6.07, 6.45) is 4.92. The van der Waals surface area contributed by atoms with Crippen molar-refractivity contribution in [1.82, 2.24) is 24.2 Å². The van der Waals surface area contributed by atoms with Crippen LogP contribution in [0.2, 0.25) is 0 Å². The Kier molecular flexibility index (Phi) is 13.5. The van der Waals surface area contributed by atoms with Crippen molar-refractivity contribution in [3.05, 3.63) is 166 Å². The van der Waals surface area contributed by atoms with Crippen LogP contribution in [0.25, 0.3) is 44.3 Å². The highest BCUT2D eigenvalue weighted by Crippen LogP contribution is 2.32. The molecule has 4 aromatic heterocycles. The van der Waals surface area contributed by atoms with Gasteiger partial charge in [-0.15, -0.1) is 0 Å². The number of fused-ring (bicyclic) bond motifs is 2. The minimum atomic E-state index is -4.30. The number of nitrogens with zero attached hydrogens (tertiary/aromatic N) is 3. The lowest BCUT2D eigenvalue weighted by molar-refractivity contribution is 0.102. The number of H-pyrrole nitrogens is 2. The third-order valence-electron chi connectivity index (χ3n) is 11.4. The van der Waals surface area contributed by atoms with Crippen LogP contribution in [0.1, 0.15) is 62.7 Å². The number of nitrogens with one attached hydrogen (secondary N) is 4. The second kappa shape index (κ2) is 19.4. The van der Waals surface area contributed by atoms with Crippen molar-refractivity contribution in [2.75, 3.05) is 28.3 Å². The number of aromatic nitrogens is 4. The predicted molar refractivity (Wildman–Crippen MR) is 253 cm³/mol. The summed E-state index contributed by atoms with van der Waals surface area (Å²) in [6.45, 7) is 5.14. The highest BCUT2D eigenvalue weighted by atomic mass is 32.2. The normalized spacial score (nSPS) is 14.2. The highest BCUT2D eigenvalue weighted by Gasteiger charge is 2.33. The number of anilines is 2. The van der Waals surface area contributed by atoms with Crippen molar-refractivity contribution in [1.29, 1.82) is 0 Å². The summed E-state index contributed by atoms with van der Waals surface area (Å²) in [6, 6.07) is 22.3. The summed E-state index contributed by atoms with van der Waals surface area (Å²) in [5, 5.41) is 0.753. The van der Waals surface area contributed by atoms with Gasteiger partial charge in [-0.25, -0.2) is 40.3 Å². The van der Waals surface area contributed by atoms with Crippen LogP contribution in [-0.2, 0) is 20.2 Å². The van der Waals surface area contributed by atoms with Gasteiger partial charge in [0, 0.05) is 70.9 Å². The van der Waals surface area contributed by atoms with Gasteiger partial charge >= 0.3 is 10.2 Å². The number of sulfonamides is 1.